The molecule has 1 aliphatic carbocycles. The van der Waals surface area contributed by atoms with Crippen molar-refractivity contribution in [1.82, 2.24) is 15.8 Å². The van der Waals surface area contributed by atoms with Gasteiger partial charge in [0.05, 0.1) is 0 Å². The summed E-state index contributed by atoms with van der Waals surface area (Å²) in [5.74, 6) is 0. The lowest BCUT2D eigenvalue weighted by molar-refractivity contribution is -0.188. The van der Waals surface area contributed by atoms with E-state index < -0.39 is 17.4 Å². The predicted molar refractivity (Wildman–Crippen MR) is 62.2 cm³/mol. The van der Waals surface area contributed by atoms with E-state index in [9.17, 15) is 13.2 Å². The van der Waals surface area contributed by atoms with Crippen molar-refractivity contribution in [2.45, 2.75) is 62.0 Å². The third kappa shape index (κ3) is 3.13. The van der Waals surface area contributed by atoms with Crippen molar-refractivity contribution in [3.63, 3.8) is 0 Å². The van der Waals surface area contributed by atoms with Crippen LogP contribution in [0.4, 0.5) is 13.2 Å². The number of halogens is 4. The van der Waals surface area contributed by atoms with E-state index in [-0.39, 0.29) is 6.04 Å². The summed E-state index contributed by atoms with van der Waals surface area (Å²) in [5.41, 5.74) is 4.93. The molecule has 0 aromatic rings. The largest absolute Gasteiger partial charge is 0.418 e. The van der Waals surface area contributed by atoms with Gasteiger partial charge in [0.25, 0.3) is 0 Å². The molecule has 2 N–H and O–H groups in total. The fraction of sp³-hybridized carbons (Fsp3) is 1.00. The molecule has 1 heterocycles. The highest BCUT2D eigenvalue weighted by molar-refractivity contribution is 9.09. The van der Waals surface area contributed by atoms with E-state index in [0.29, 0.717) is 0 Å². The number of nitrogens with zero attached hydrogens (tertiary/aromatic N) is 1. The van der Waals surface area contributed by atoms with Gasteiger partial charge in [0.1, 0.15) is 5.08 Å². The molecule has 2 unspecified atom stereocenters. The second-order valence-electron chi connectivity index (χ2n) is 4.66. The van der Waals surface area contributed by atoms with Crippen molar-refractivity contribution in [3.05, 3.63) is 0 Å². The Kier molecular flexibility index (Phi) is 4.33. The zero-order valence-corrected chi connectivity index (χ0v) is 11.0. The second-order valence-corrected chi connectivity index (χ2v) is 5.53. The Morgan fingerprint density at radius 1 is 1.00 bits per heavy atom. The number of hydrazine groups is 1. The second kappa shape index (κ2) is 5.42. The molecule has 0 bridgehead atoms. The van der Waals surface area contributed by atoms with Crippen LogP contribution in [0, 0.1) is 0 Å². The van der Waals surface area contributed by atoms with Gasteiger partial charge in [0.15, 0.2) is 6.17 Å². The first-order valence-corrected chi connectivity index (χ1v) is 6.91. The van der Waals surface area contributed by atoms with E-state index in [4.69, 9.17) is 0 Å². The highest BCUT2D eigenvalue weighted by Crippen LogP contribution is 2.33. The lowest BCUT2D eigenvalue weighted by Gasteiger charge is -2.33. The Morgan fingerprint density at radius 3 is 2.12 bits per heavy atom. The van der Waals surface area contributed by atoms with Crippen LogP contribution in [-0.4, -0.2) is 28.4 Å². The fourth-order valence-electron chi connectivity index (χ4n) is 2.63. The van der Waals surface area contributed by atoms with Gasteiger partial charge in [-0.3, -0.25) is 4.90 Å². The maximum Gasteiger partial charge on any atom is 0.418 e. The van der Waals surface area contributed by atoms with Gasteiger partial charge in [0.2, 0.25) is 0 Å². The molecular formula is C10H17BrF3N3. The van der Waals surface area contributed by atoms with Crippen LogP contribution in [0.1, 0.15) is 38.5 Å². The van der Waals surface area contributed by atoms with E-state index in [1.807, 2.05) is 0 Å². The Balaban J connectivity index is 2.09. The van der Waals surface area contributed by atoms with E-state index in [1.165, 1.54) is 4.90 Å². The van der Waals surface area contributed by atoms with E-state index in [0.717, 1.165) is 38.5 Å². The van der Waals surface area contributed by atoms with Crippen LogP contribution in [0.15, 0.2) is 0 Å². The van der Waals surface area contributed by atoms with Gasteiger partial charge >= 0.3 is 6.18 Å². The third-order valence-electron chi connectivity index (χ3n) is 3.46. The molecule has 3 nitrogen and oxygen atoms in total. The molecular weight excluding hydrogens is 299 g/mol. The first-order chi connectivity index (χ1) is 8.00. The molecule has 0 radical (unpaired) electrons. The van der Waals surface area contributed by atoms with E-state index in [2.05, 4.69) is 26.8 Å². The van der Waals surface area contributed by atoms with Gasteiger partial charge in [-0.1, -0.05) is 41.6 Å². The molecule has 2 atom stereocenters. The maximum absolute atomic E-state index is 12.9. The van der Waals surface area contributed by atoms with Crippen molar-refractivity contribution >= 4 is 15.9 Å². The monoisotopic (exact) mass is 315 g/mol. The topological polar surface area (TPSA) is 27.3 Å². The molecule has 1 aliphatic heterocycles. The number of alkyl halides is 4. The van der Waals surface area contributed by atoms with Gasteiger partial charge in [-0.2, -0.15) is 13.2 Å². The number of hydrogen-bond acceptors (Lipinski definition) is 3. The van der Waals surface area contributed by atoms with Gasteiger partial charge < -0.3 is 0 Å². The molecule has 2 rings (SSSR count). The third-order valence-corrected chi connectivity index (χ3v) is 4.16. The number of hydrogen-bond donors (Lipinski definition) is 2. The van der Waals surface area contributed by atoms with Crippen LogP contribution in [0.25, 0.3) is 0 Å². The standard InChI is InChI=1S/C10H17BrF3N3/c11-9-16-15-8(10(12,13)14)17(9)7-5-3-1-2-4-6-7/h7-9,15-16H,1-6H2. The van der Waals surface area contributed by atoms with Gasteiger partial charge in [-0.25, -0.2) is 10.9 Å². The normalized spacial score (nSPS) is 33.9. The quantitative estimate of drug-likeness (QED) is 0.442. The molecule has 7 heteroatoms. The molecule has 1 saturated carbocycles. The first kappa shape index (κ1) is 13.6. The predicted octanol–water partition coefficient (Wildman–Crippen LogP) is 2.69. The fourth-order valence-corrected chi connectivity index (χ4v) is 3.33. The van der Waals surface area contributed by atoms with E-state index >= 15 is 0 Å². The number of rotatable bonds is 1. The van der Waals surface area contributed by atoms with Crippen LogP contribution in [0.5, 0.6) is 0 Å². The molecule has 17 heavy (non-hydrogen) atoms. The number of nitrogens with one attached hydrogen (secondary N) is 2. The van der Waals surface area contributed by atoms with E-state index in [1.54, 1.807) is 0 Å². The zero-order valence-electron chi connectivity index (χ0n) is 9.43. The van der Waals surface area contributed by atoms with Crippen LogP contribution < -0.4 is 10.9 Å². The molecule has 0 amide bonds. The van der Waals surface area contributed by atoms with Gasteiger partial charge in [-0.15, -0.1) is 0 Å². The summed E-state index contributed by atoms with van der Waals surface area (Å²) in [6.07, 6.45) is 0.161. The van der Waals surface area contributed by atoms with Crippen LogP contribution in [-0.2, 0) is 0 Å². The zero-order chi connectivity index (χ0) is 12.5. The van der Waals surface area contributed by atoms with Crippen molar-refractivity contribution in [2.24, 2.45) is 0 Å². The van der Waals surface area contributed by atoms with Crippen LogP contribution >= 0.6 is 15.9 Å². The summed E-state index contributed by atoms with van der Waals surface area (Å²) in [6.45, 7) is 0. The minimum Gasteiger partial charge on any atom is -0.250 e. The average molecular weight is 316 g/mol. The molecule has 0 spiro atoms. The molecule has 0 aromatic heterocycles. The Hall–Kier alpha value is 0.150. The van der Waals surface area contributed by atoms with Gasteiger partial charge in [-0.05, 0) is 12.8 Å². The van der Waals surface area contributed by atoms with Gasteiger partial charge in [0, 0.05) is 6.04 Å². The summed E-state index contributed by atoms with van der Waals surface area (Å²) in [7, 11) is 0. The lowest BCUT2D eigenvalue weighted by atomic mass is 10.1. The lowest BCUT2D eigenvalue weighted by Crippen LogP contribution is -2.52. The summed E-state index contributed by atoms with van der Waals surface area (Å²) in [5, 5.41) is -0.447. The Labute approximate surface area is 107 Å². The first-order valence-electron chi connectivity index (χ1n) is 5.99. The summed E-state index contributed by atoms with van der Waals surface area (Å²) >= 11 is 3.25. The minimum atomic E-state index is -4.25. The van der Waals surface area contributed by atoms with Crippen molar-refractivity contribution in [1.29, 1.82) is 0 Å². The minimum absolute atomic E-state index is 0.00370. The molecule has 100 valence electrons. The van der Waals surface area contributed by atoms with Crippen molar-refractivity contribution < 1.29 is 13.2 Å². The summed E-state index contributed by atoms with van der Waals surface area (Å²) < 4.78 is 38.6. The molecule has 2 aliphatic rings. The van der Waals surface area contributed by atoms with Crippen LogP contribution in [0.3, 0.4) is 0 Å². The molecule has 1 saturated heterocycles. The highest BCUT2D eigenvalue weighted by atomic mass is 79.9. The van der Waals surface area contributed by atoms with Crippen LogP contribution in [0.2, 0.25) is 0 Å². The van der Waals surface area contributed by atoms with Crippen molar-refractivity contribution in [3.8, 4) is 0 Å². The molecule has 0 aromatic carbocycles. The Morgan fingerprint density at radius 2 is 1.59 bits per heavy atom. The Bertz CT molecular complexity index is 254. The highest BCUT2D eigenvalue weighted by Gasteiger charge is 2.51. The SMILES string of the molecule is FC(F)(F)C1NNC(Br)N1C1CCCCCC1. The summed E-state index contributed by atoms with van der Waals surface area (Å²) in [4.78, 5) is 1.48. The van der Waals surface area contributed by atoms with Crippen molar-refractivity contribution in [2.75, 3.05) is 0 Å². The summed E-state index contributed by atoms with van der Waals surface area (Å²) in [6, 6.07) is -0.00370. The molecule has 2 fully saturated rings. The maximum atomic E-state index is 12.9. The smallest absolute Gasteiger partial charge is 0.250 e. The average Bonchev–Trinajstić information content (AvgIpc) is 2.50.